The van der Waals surface area contributed by atoms with Crippen molar-refractivity contribution < 1.29 is 57.3 Å². The van der Waals surface area contributed by atoms with Crippen LogP contribution in [-0.4, -0.2) is 162 Å². The van der Waals surface area contributed by atoms with Crippen LogP contribution >= 0.6 is 42.9 Å². The van der Waals surface area contributed by atoms with Crippen molar-refractivity contribution in [3.8, 4) is 5.00 Å². The van der Waals surface area contributed by atoms with Gasteiger partial charge in [-0.2, -0.15) is 19.3 Å². The lowest BCUT2D eigenvalue weighted by atomic mass is 9.99. The van der Waals surface area contributed by atoms with Crippen molar-refractivity contribution in [3.63, 3.8) is 0 Å². The van der Waals surface area contributed by atoms with Gasteiger partial charge >= 0.3 is 8.17 Å². The van der Waals surface area contributed by atoms with Crippen molar-refractivity contribution in [2.75, 3.05) is 70.8 Å². The van der Waals surface area contributed by atoms with Crippen LogP contribution in [0.15, 0.2) is 39.2 Å². The van der Waals surface area contributed by atoms with Crippen LogP contribution in [0.1, 0.15) is 71.7 Å². The van der Waals surface area contributed by atoms with Crippen molar-refractivity contribution in [2.24, 2.45) is 4.99 Å². The SMILES string of the molecule is CC(=O)N[C@@H](CSc1nc2c(=O)[nH]c(N)nc2n1C1OC2CO[P+](O)(O)OC2C1O)C(=O)NCCCOCCOCCOCCCNC(=O)C[C@@H]1N=C(c2ccc(Cl)cc2)c2c(sc(C)c2C)-n2c(C)nnc21. The van der Waals surface area contributed by atoms with Gasteiger partial charge < -0.3 is 45.7 Å². The van der Waals surface area contributed by atoms with Crippen LogP contribution < -0.4 is 27.2 Å². The quantitative estimate of drug-likeness (QED) is 0.0263. The van der Waals surface area contributed by atoms with Gasteiger partial charge in [0.25, 0.3) is 5.56 Å². The topological polar surface area (TPSA) is 336 Å². The number of thiophene rings is 1. The van der Waals surface area contributed by atoms with Gasteiger partial charge in [-0.3, -0.25) is 38.3 Å². The number of nitrogens with one attached hydrogen (secondary N) is 4. The molecule has 3 aliphatic heterocycles. The van der Waals surface area contributed by atoms with E-state index in [4.69, 9.17) is 50.3 Å². The number of carbonyl (C=O) groups excluding carboxylic acids is 3. The molecule has 6 atom stereocenters. The molecule has 2 saturated heterocycles. The summed E-state index contributed by atoms with van der Waals surface area (Å²) in [6.45, 7) is 9.76. The Morgan fingerprint density at radius 1 is 1.01 bits per heavy atom. The Bertz CT molecular complexity index is 2880. The third-order valence-electron chi connectivity index (χ3n) is 11.9. The first-order valence-corrected chi connectivity index (χ1v) is 27.0. The molecule has 0 bridgehead atoms. The number of halogens is 1. The van der Waals surface area contributed by atoms with Crippen LogP contribution in [0.5, 0.6) is 0 Å². The van der Waals surface area contributed by atoms with Crippen LogP contribution in [-0.2, 0) is 42.4 Å². The molecule has 4 aromatic heterocycles. The van der Waals surface area contributed by atoms with Crippen LogP contribution in [0, 0.1) is 20.8 Å². The van der Waals surface area contributed by atoms with Crippen molar-refractivity contribution >= 4 is 83.4 Å². The Morgan fingerprint density at radius 2 is 1.70 bits per heavy atom. The van der Waals surface area contributed by atoms with E-state index in [0.29, 0.717) is 69.9 Å². The minimum absolute atomic E-state index is 0.0506. The number of aromatic nitrogens is 7. The number of aryl methyl sites for hydroxylation is 2. The number of benzene rings is 1. The maximum Gasteiger partial charge on any atom is 0.570 e. The highest BCUT2D eigenvalue weighted by molar-refractivity contribution is 7.99. The van der Waals surface area contributed by atoms with E-state index in [-0.39, 0.29) is 53.5 Å². The highest BCUT2D eigenvalue weighted by Crippen LogP contribution is 2.59. The Morgan fingerprint density at radius 3 is 2.40 bits per heavy atom. The second-order valence-electron chi connectivity index (χ2n) is 17.2. The first-order chi connectivity index (χ1) is 35.0. The maximum absolute atomic E-state index is 13.3. The largest absolute Gasteiger partial charge is 0.570 e. The summed E-state index contributed by atoms with van der Waals surface area (Å²) in [4.78, 5) is 88.7. The molecule has 0 spiro atoms. The number of ether oxygens (including phenoxy) is 4. The third kappa shape index (κ3) is 12.9. The molecular formula is C44H57ClN12O13PS2+. The summed E-state index contributed by atoms with van der Waals surface area (Å²) in [5, 5.41) is 30.1. The van der Waals surface area contributed by atoms with E-state index in [1.54, 1.807) is 11.3 Å². The fraction of sp³-hybridized carbons (Fsp3) is 0.523. The Kier molecular flexibility index (Phi) is 17.9. The normalized spacial score (nSPS) is 20.4. The number of aliphatic hydroxyl groups excluding tert-OH is 1. The number of anilines is 1. The number of aromatic amines is 1. The number of fused-ring (bicyclic) bond motifs is 5. The molecule has 5 aromatic rings. The van der Waals surface area contributed by atoms with Crippen LogP contribution in [0.25, 0.3) is 16.2 Å². The molecule has 3 aliphatic rings. The van der Waals surface area contributed by atoms with E-state index in [1.807, 2.05) is 35.8 Å². The molecule has 25 nitrogen and oxygen atoms in total. The average molecular weight is 1090 g/mol. The number of aliphatic hydroxyl groups is 1. The molecule has 4 unspecified atom stereocenters. The number of amides is 3. The van der Waals surface area contributed by atoms with Crippen LogP contribution in [0.3, 0.4) is 0 Å². The zero-order valence-electron chi connectivity index (χ0n) is 40.2. The maximum atomic E-state index is 13.3. The Hall–Kier alpha value is -5.00. The molecule has 8 rings (SSSR count). The molecule has 29 heteroatoms. The standard InChI is InChI=1S/C44H56ClN12O13PS2/c1-22-23(2)73-42-32(22)33(26-7-9-27(45)10-8-26)50-28(37-55-54-24(3)56(37)42)19-31(59)47-11-5-13-65-15-17-67-18-16-66-14-6-12-48-39(61)29(49-25(4)58)21-72-44-51-34-38(52-43(46)53-40(34)62)57(44)41-35(60)36-30(69-41)20-68-71(63,64)70-36/h7-10,28-30,35-36,41,60,63-64H,5-6,11-21H2,1-4H3,(H5-,46,47,48,49,52,53,58,59,61,62)/p+1/t28-,29-,30?,35?,36?,41?/m0/s1. The Labute approximate surface area is 431 Å². The van der Waals surface area contributed by atoms with Gasteiger partial charge in [-0.1, -0.05) is 35.5 Å². The number of nitrogens with zero attached hydrogens (tertiary/aromatic N) is 7. The Balaban J connectivity index is 0.711. The number of rotatable bonds is 23. The van der Waals surface area contributed by atoms with Crippen molar-refractivity contribution in [1.29, 1.82) is 0 Å². The minimum atomic E-state index is -4.20. The summed E-state index contributed by atoms with van der Waals surface area (Å²) >= 11 is 8.85. The van der Waals surface area contributed by atoms with Gasteiger partial charge in [-0.25, -0.2) is 4.98 Å². The molecule has 0 saturated carbocycles. The molecule has 394 valence electrons. The number of H-pyrrole nitrogens is 1. The zero-order valence-corrected chi connectivity index (χ0v) is 43.5. The monoisotopic (exact) mass is 1090 g/mol. The first-order valence-electron chi connectivity index (χ1n) is 23.3. The lowest BCUT2D eigenvalue weighted by Crippen LogP contribution is -2.48. The molecule has 3 amide bonds. The number of hydrogen-bond donors (Lipinski definition) is 8. The highest BCUT2D eigenvalue weighted by atomic mass is 35.5. The smallest absolute Gasteiger partial charge is 0.385 e. The van der Waals surface area contributed by atoms with Gasteiger partial charge in [-0.15, -0.1) is 26.1 Å². The number of thioether (sulfide) groups is 1. The first kappa shape index (κ1) is 54.3. The number of aliphatic imine (C=N–C) groups is 1. The molecule has 1 aromatic carbocycles. The molecule has 2 fully saturated rings. The molecular weight excluding hydrogens is 1040 g/mol. The predicted molar refractivity (Wildman–Crippen MR) is 269 cm³/mol. The van der Waals surface area contributed by atoms with Crippen molar-refractivity contribution in [1.82, 2.24) is 50.2 Å². The average Bonchev–Trinajstić information content (AvgIpc) is 4.06. The number of hydrogen-bond acceptors (Lipinski definition) is 21. The summed E-state index contributed by atoms with van der Waals surface area (Å²) < 4.78 is 36.4. The third-order valence-corrected chi connectivity index (χ3v) is 15.4. The second kappa shape index (κ2) is 24.1. The fourth-order valence-corrected chi connectivity index (χ4v) is 11.6. The lowest BCUT2D eigenvalue weighted by molar-refractivity contribution is -0.127. The summed E-state index contributed by atoms with van der Waals surface area (Å²) in [7, 11) is -4.20. The summed E-state index contributed by atoms with van der Waals surface area (Å²) in [5.41, 5.74) is 8.75. The number of nitrogens with two attached hydrogens (primary N) is 1. The summed E-state index contributed by atoms with van der Waals surface area (Å²) in [6.07, 6.45) is -3.75. The van der Waals surface area contributed by atoms with Gasteiger partial charge in [0.2, 0.25) is 23.7 Å². The van der Waals surface area contributed by atoms with E-state index in [2.05, 4.69) is 54.9 Å². The van der Waals surface area contributed by atoms with E-state index in [9.17, 15) is 34.1 Å². The summed E-state index contributed by atoms with van der Waals surface area (Å²) in [6, 6.07) is 5.93. The van der Waals surface area contributed by atoms with Gasteiger partial charge in [-0.05, 0) is 51.3 Å². The van der Waals surface area contributed by atoms with Gasteiger partial charge in [0.1, 0.15) is 41.7 Å². The molecule has 0 aliphatic carbocycles. The van der Waals surface area contributed by atoms with Crippen LogP contribution in [0.2, 0.25) is 5.02 Å². The molecule has 7 heterocycles. The number of nitrogen functional groups attached to an aromatic ring is 1. The van der Waals surface area contributed by atoms with Gasteiger partial charge in [0, 0.05) is 60.0 Å². The minimum Gasteiger partial charge on any atom is -0.385 e. The van der Waals surface area contributed by atoms with E-state index >= 15 is 0 Å². The van der Waals surface area contributed by atoms with Gasteiger partial charge in [0.05, 0.1) is 38.6 Å². The second-order valence-corrected chi connectivity index (χ2v) is 21.2. The van der Waals surface area contributed by atoms with E-state index in [0.717, 1.165) is 49.9 Å². The number of imidazole rings is 1. The molecule has 9 N–H and O–H groups in total. The molecule has 73 heavy (non-hydrogen) atoms. The van der Waals surface area contributed by atoms with Crippen molar-refractivity contribution in [3.05, 3.63) is 72.9 Å². The van der Waals surface area contributed by atoms with E-state index in [1.165, 1.54) is 11.5 Å². The van der Waals surface area contributed by atoms with Crippen LogP contribution in [0.4, 0.5) is 5.95 Å². The highest BCUT2D eigenvalue weighted by Gasteiger charge is 2.60. The summed E-state index contributed by atoms with van der Waals surface area (Å²) in [5.74, 6) is -0.106. The van der Waals surface area contributed by atoms with Crippen molar-refractivity contribution in [2.45, 2.75) is 88.7 Å². The number of carbonyl (C=O) groups is 3. The molecule has 0 radical (unpaired) electrons. The zero-order chi connectivity index (χ0) is 52.0. The predicted octanol–water partition coefficient (Wildman–Crippen LogP) is 1.90. The van der Waals surface area contributed by atoms with Gasteiger partial charge in [0.15, 0.2) is 34.5 Å². The lowest BCUT2D eigenvalue weighted by Gasteiger charge is -2.24. The fourth-order valence-electron chi connectivity index (χ4n) is 8.29. The van der Waals surface area contributed by atoms with E-state index < -0.39 is 62.2 Å².